The van der Waals surface area contributed by atoms with Crippen molar-refractivity contribution >= 4 is 11.6 Å². The van der Waals surface area contributed by atoms with Gasteiger partial charge in [0.25, 0.3) is 0 Å². The molecule has 4 nitrogen and oxygen atoms in total. The van der Waals surface area contributed by atoms with E-state index in [2.05, 4.69) is 10.4 Å². The number of aromatic nitrogens is 2. The van der Waals surface area contributed by atoms with E-state index >= 15 is 0 Å². The third kappa shape index (κ3) is 3.58. The molecular formula is C14H16ClF2N3O. The second-order valence-corrected chi connectivity index (χ2v) is 5.16. The van der Waals surface area contributed by atoms with E-state index in [4.69, 9.17) is 11.6 Å². The van der Waals surface area contributed by atoms with Crippen LogP contribution in [0.1, 0.15) is 22.9 Å². The Bertz CT molecular complexity index is 645. The van der Waals surface area contributed by atoms with E-state index < -0.39 is 17.7 Å². The Morgan fingerprint density at radius 1 is 1.38 bits per heavy atom. The summed E-state index contributed by atoms with van der Waals surface area (Å²) in [6.07, 6.45) is -0.934. The molecule has 0 fully saturated rings. The molecule has 1 heterocycles. The van der Waals surface area contributed by atoms with Crippen molar-refractivity contribution in [1.29, 1.82) is 0 Å². The highest BCUT2D eigenvalue weighted by Gasteiger charge is 2.13. The number of hydrogen-bond acceptors (Lipinski definition) is 3. The summed E-state index contributed by atoms with van der Waals surface area (Å²) < 4.78 is 27.5. The number of nitrogens with zero attached hydrogens (tertiary/aromatic N) is 2. The second kappa shape index (κ2) is 6.51. The Morgan fingerprint density at radius 3 is 2.67 bits per heavy atom. The number of nitrogens with one attached hydrogen (secondary N) is 1. The third-order valence-electron chi connectivity index (χ3n) is 3.24. The zero-order valence-electron chi connectivity index (χ0n) is 11.7. The molecule has 0 radical (unpaired) electrons. The predicted octanol–water partition coefficient (Wildman–Crippen LogP) is 2.48. The van der Waals surface area contributed by atoms with Crippen LogP contribution < -0.4 is 5.32 Å². The van der Waals surface area contributed by atoms with Crippen LogP contribution in [0.4, 0.5) is 8.78 Å². The van der Waals surface area contributed by atoms with Gasteiger partial charge in [-0.1, -0.05) is 17.7 Å². The minimum atomic E-state index is -0.974. The maximum atomic E-state index is 13.1. The van der Waals surface area contributed by atoms with Crippen molar-refractivity contribution in [3.63, 3.8) is 0 Å². The smallest absolute Gasteiger partial charge is 0.159 e. The molecule has 0 spiro atoms. The summed E-state index contributed by atoms with van der Waals surface area (Å²) in [7, 11) is 1.75. The maximum Gasteiger partial charge on any atom is 0.159 e. The molecule has 0 bridgehead atoms. The van der Waals surface area contributed by atoms with E-state index in [0.29, 0.717) is 17.3 Å². The van der Waals surface area contributed by atoms with Gasteiger partial charge in [-0.05, 0) is 24.6 Å². The number of aliphatic hydroxyl groups excluding tert-OH is 1. The molecule has 2 rings (SSSR count). The molecule has 7 heteroatoms. The van der Waals surface area contributed by atoms with E-state index in [9.17, 15) is 13.9 Å². The van der Waals surface area contributed by atoms with Crippen LogP contribution in [0, 0.1) is 18.6 Å². The molecule has 1 aromatic carbocycles. The van der Waals surface area contributed by atoms with Crippen molar-refractivity contribution in [2.24, 2.45) is 7.05 Å². The van der Waals surface area contributed by atoms with Gasteiger partial charge in [0.15, 0.2) is 11.6 Å². The van der Waals surface area contributed by atoms with Gasteiger partial charge in [-0.25, -0.2) is 8.78 Å². The number of aliphatic hydroxyl groups is 1. The fraction of sp³-hybridized carbons (Fsp3) is 0.357. The van der Waals surface area contributed by atoms with Crippen LogP contribution in [0.5, 0.6) is 0 Å². The first-order valence-corrected chi connectivity index (χ1v) is 6.79. The largest absolute Gasteiger partial charge is 0.387 e. The summed E-state index contributed by atoms with van der Waals surface area (Å²) in [4.78, 5) is 0. The van der Waals surface area contributed by atoms with Gasteiger partial charge in [-0.2, -0.15) is 5.10 Å². The van der Waals surface area contributed by atoms with E-state index in [1.165, 1.54) is 6.07 Å². The lowest BCUT2D eigenvalue weighted by Crippen LogP contribution is -2.21. The molecule has 0 aliphatic heterocycles. The van der Waals surface area contributed by atoms with E-state index in [0.717, 1.165) is 23.4 Å². The summed E-state index contributed by atoms with van der Waals surface area (Å²) in [5.74, 6) is -1.91. The zero-order chi connectivity index (χ0) is 15.6. The van der Waals surface area contributed by atoms with Gasteiger partial charge in [0.2, 0.25) is 0 Å². The van der Waals surface area contributed by atoms with Crippen LogP contribution in [0.15, 0.2) is 18.2 Å². The van der Waals surface area contributed by atoms with Crippen LogP contribution in [0.3, 0.4) is 0 Å². The Morgan fingerprint density at radius 2 is 2.10 bits per heavy atom. The molecule has 2 N–H and O–H groups in total. The van der Waals surface area contributed by atoms with E-state index in [-0.39, 0.29) is 6.54 Å². The van der Waals surface area contributed by atoms with Crippen molar-refractivity contribution in [3.05, 3.63) is 51.8 Å². The first kappa shape index (κ1) is 15.9. The van der Waals surface area contributed by atoms with Crippen LogP contribution in [0.2, 0.25) is 5.15 Å². The van der Waals surface area contributed by atoms with Crippen molar-refractivity contribution in [2.75, 3.05) is 6.54 Å². The summed E-state index contributed by atoms with van der Waals surface area (Å²) in [5, 5.41) is 17.7. The predicted molar refractivity (Wildman–Crippen MR) is 76.0 cm³/mol. The Hall–Kier alpha value is -1.50. The lowest BCUT2D eigenvalue weighted by Gasteiger charge is -2.12. The summed E-state index contributed by atoms with van der Waals surface area (Å²) in [6, 6.07) is 3.34. The van der Waals surface area contributed by atoms with Crippen LogP contribution in [-0.4, -0.2) is 21.4 Å². The third-order valence-corrected chi connectivity index (χ3v) is 3.71. The van der Waals surface area contributed by atoms with Crippen LogP contribution >= 0.6 is 11.6 Å². The molecule has 0 aliphatic carbocycles. The molecule has 1 atom stereocenters. The molecule has 1 aromatic heterocycles. The molecule has 0 aliphatic rings. The van der Waals surface area contributed by atoms with Gasteiger partial charge in [0, 0.05) is 25.7 Å². The standard InChI is InChI=1S/C14H16ClF2N3O/c1-8-10(14(15)20(2)19-8)6-18-7-13(21)9-3-4-11(16)12(17)5-9/h3-5,13,18,21H,6-7H2,1-2H3/t13-/m0/s1. The van der Waals surface area contributed by atoms with Crippen molar-refractivity contribution in [1.82, 2.24) is 15.1 Å². The highest BCUT2D eigenvalue weighted by molar-refractivity contribution is 6.30. The van der Waals surface area contributed by atoms with E-state index in [1.807, 2.05) is 6.92 Å². The van der Waals surface area contributed by atoms with Crippen LogP contribution in [-0.2, 0) is 13.6 Å². The lowest BCUT2D eigenvalue weighted by atomic mass is 10.1. The Balaban J connectivity index is 1.95. The first-order valence-electron chi connectivity index (χ1n) is 6.42. The minimum Gasteiger partial charge on any atom is -0.387 e. The van der Waals surface area contributed by atoms with Crippen molar-refractivity contribution < 1.29 is 13.9 Å². The number of benzene rings is 1. The second-order valence-electron chi connectivity index (χ2n) is 4.80. The summed E-state index contributed by atoms with van der Waals surface area (Å²) in [6.45, 7) is 2.46. The fourth-order valence-electron chi connectivity index (χ4n) is 2.05. The number of aryl methyl sites for hydroxylation is 2. The van der Waals surface area contributed by atoms with E-state index in [1.54, 1.807) is 11.7 Å². The number of hydrogen-bond donors (Lipinski definition) is 2. The Labute approximate surface area is 126 Å². The lowest BCUT2D eigenvalue weighted by molar-refractivity contribution is 0.173. The maximum absolute atomic E-state index is 13.1. The molecule has 21 heavy (non-hydrogen) atoms. The van der Waals surface area contributed by atoms with Crippen LogP contribution in [0.25, 0.3) is 0 Å². The normalized spacial score (nSPS) is 12.7. The van der Waals surface area contributed by atoms with Gasteiger partial charge in [0.1, 0.15) is 5.15 Å². The summed E-state index contributed by atoms with van der Waals surface area (Å²) in [5.41, 5.74) is 1.96. The highest BCUT2D eigenvalue weighted by atomic mass is 35.5. The average molecular weight is 316 g/mol. The van der Waals surface area contributed by atoms with Crippen molar-refractivity contribution in [3.8, 4) is 0 Å². The average Bonchev–Trinajstić information content (AvgIpc) is 2.68. The Kier molecular flexibility index (Phi) is 4.92. The first-order chi connectivity index (χ1) is 9.90. The zero-order valence-corrected chi connectivity index (χ0v) is 12.5. The van der Waals surface area contributed by atoms with Gasteiger partial charge < -0.3 is 10.4 Å². The minimum absolute atomic E-state index is 0.190. The number of halogens is 3. The van der Waals surface area contributed by atoms with Gasteiger partial charge in [-0.3, -0.25) is 4.68 Å². The molecule has 0 unspecified atom stereocenters. The number of rotatable bonds is 5. The molecule has 0 saturated heterocycles. The molecule has 0 amide bonds. The topological polar surface area (TPSA) is 50.1 Å². The quantitative estimate of drug-likeness (QED) is 0.891. The molecule has 114 valence electrons. The summed E-state index contributed by atoms with van der Waals surface area (Å²) >= 11 is 6.09. The fourth-order valence-corrected chi connectivity index (χ4v) is 2.29. The molecule has 0 saturated carbocycles. The molecular weight excluding hydrogens is 300 g/mol. The van der Waals surface area contributed by atoms with Gasteiger partial charge in [-0.15, -0.1) is 0 Å². The molecule has 2 aromatic rings. The highest BCUT2D eigenvalue weighted by Crippen LogP contribution is 2.19. The monoisotopic (exact) mass is 315 g/mol. The van der Waals surface area contributed by atoms with Gasteiger partial charge >= 0.3 is 0 Å². The van der Waals surface area contributed by atoms with Crippen molar-refractivity contribution in [2.45, 2.75) is 19.6 Å². The van der Waals surface area contributed by atoms with Gasteiger partial charge in [0.05, 0.1) is 11.8 Å². The SMILES string of the molecule is Cc1nn(C)c(Cl)c1CNC[C@H](O)c1ccc(F)c(F)c1.